The third-order valence-corrected chi connectivity index (χ3v) is 7.49. The van der Waals surface area contributed by atoms with E-state index in [0.717, 1.165) is 23.5 Å². The molecule has 0 saturated heterocycles. The molecule has 0 radical (unpaired) electrons. The van der Waals surface area contributed by atoms with Crippen molar-refractivity contribution in [3.8, 4) is 16.5 Å². The Bertz CT molecular complexity index is 1300. The number of rotatable bonds is 9. The Morgan fingerprint density at radius 3 is 2.76 bits per heavy atom. The maximum Gasteiger partial charge on any atom is 0.280 e. The third-order valence-electron chi connectivity index (χ3n) is 4.61. The molecule has 1 amide bonds. The predicted molar refractivity (Wildman–Crippen MR) is 117 cm³/mol. The second-order valence-electron chi connectivity index (χ2n) is 7.17. The van der Waals surface area contributed by atoms with Gasteiger partial charge < -0.3 is 10.1 Å². The Morgan fingerprint density at radius 2 is 2.03 bits per heavy atom. The first-order valence-corrected chi connectivity index (χ1v) is 12.3. The van der Waals surface area contributed by atoms with Gasteiger partial charge in [-0.05, 0) is 37.5 Å². The summed E-state index contributed by atoms with van der Waals surface area (Å²) in [5, 5.41) is 2.10. The van der Waals surface area contributed by atoms with Gasteiger partial charge in [0.25, 0.3) is 5.91 Å². The average molecular weight is 496 g/mol. The van der Waals surface area contributed by atoms with Crippen molar-refractivity contribution in [2.75, 3.05) is 11.3 Å². The number of carbonyl (C=O) groups excluding carboxylic acids is 1. The lowest BCUT2D eigenvalue weighted by Gasteiger charge is -2.11. The summed E-state index contributed by atoms with van der Waals surface area (Å²) in [7, 11) is -3.77. The maximum absolute atomic E-state index is 14.1. The quantitative estimate of drug-likeness (QED) is 0.468. The zero-order chi connectivity index (χ0) is 23.6. The van der Waals surface area contributed by atoms with Crippen molar-refractivity contribution in [3.05, 3.63) is 52.9 Å². The van der Waals surface area contributed by atoms with Gasteiger partial charge in [-0.2, -0.15) is 0 Å². The van der Waals surface area contributed by atoms with Gasteiger partial charge in [0.05, 0.1) is 34.8 Å². The Morgan fingerprint density at radius 1 is 1.24 bits per heavy atom. The van der Waals surface area contributed by atoms with Crippen LogP contribution in [0.1, 0.15) is 35.1 Å². The van der Waals surface area contributed by atoms with Crippen molar-refractivity contribution in [3.63, 3.8) is 0 Å². The fraction of sp³-hybridized carbons (Fsp3) is 0.300. The van der Waals surface area contributed by atoms with Crippen LogP contribution in [0.5, 0.6) is 5.88 Å². The first kappa shape index (κ1) is 23.0. The van der Waals surface area contributed by atoms with E-state index in [1.54, 1.807) is 0 Å². The Hall–Kier alpha value is -3.19. The first-order valence-electron chi connectivity index (χ1n) is 9.95. The smallest absolute Gasteiger partial charge is 0.280 e. The maximum atomic E-state index is 14.1. The van der Waals surface area contributed by atoms with E-state index in [-0.39, 0.29) is 17.1 Å². The summed E-state index contributed by atoms with van der Waals surface area (Å²) in [5.41, 5.74) is 0.184. The summed E-state index contributed by atoms with van der Waals surface area (Å²) in [6.45, 7) is 2.09. The van der Waals surface area contributed by atoms with Gasteiger partial charge in [0.2, 0.25) is 15.9 Å². The van der Waals surface area contributed by atoms with Crippen molar-refractivity contribution in [2.24, 2.45) is 0 Å². The van der Waals surface area contributed by atoms with Crippen LogP contribution in [-0.4, -0.2) is 41.1 Å². The molecule has 0 aliphatic heterocycles. The summed E-state index contributed by atoms with van der Waals surface area (Å²) in [6.07, 6.45) is 5.42. The summed E-state index contributed by atoms with van der Waals surface area (Å²) < 4.78 is 59.6. The fourth-order valence-corrected chi connectivity index (χ4v) is 5.04. The summed E-state index contributed by atoms with van der Waals surface area (Å²) in [4.78, 5) is 25.5. The van der Waals surface area contributed by atoms with E-state index in [9.17, 15) is 22.0 Å². The Kier molecular flexibility index (Phi) is 6.51. The minimum Gasteiger partial charge on any atom is -0.477 e. The molecule has 0 atom stereocenters. The molecule has 174 valence electrons. The lowest BCUT2D eigenvalue weighted by atomic mass is 10.2. The number of nitrogens with zero attached hydrogens (tertiary/aromatic N) is 3. The van der Waals surface area contributed by atoms with Crippen LogP contribution in [0.2, 0.25) is 0 Å². The van der Waals surface area contributed by atoms with Crippen LogP contribution in [-0.2, 0) is 16.6 Å². The number of halogens is 2. The van der Waals surface area contributed by atoms with Crippen LogP contribution in [0.4, 0.5) is 14.5 Å². The number of amides is 1. The van der Waals surface area contributed by atoms with Crippen molar-refractivity contribution in [1.82, 2.24) is 20.3 Å². The van der Waals surface area contributed by atoms with Gasteiger partial charge in [0, 0.05) is 12.7 Å². The number of hydrogen-bond donors (Lipinski definition) is 2. The number of aromatic nitrogens is 3. The highest BCUT2D eigenvalue weighted by Gasteiger charge is 2.36. The molecule has 0 unspecified atom stereocenters. The van der Waals surface area contributed by atoms with E-state index in [1.807, 2.05) is 6.92 Å². The molecule has 9 nitrogen and oxygen atoms in total. The molecular formula is C20H19F2N5O4S2. The molecule has 1 aliphatic rings. The molecule has 13 heteroatoms. The number of hydrogen-bond acceptors (Lipinski definition) is 8. The van der Waals surface area contributed by atoms with Crippen LogP contribution in [0.15, 0.2) is 30.7 Å². The van der Waals surface area contributed by atoms with Crippen LogP contribution in [0, 0.1) is 11.6 Å². The van der Waals surface area contributed by atoms with E-state index in [4.69, 9.17) is 4.74 Å². The van der Waals surface area contributed by atoms with Gasteiger partial charge in [0.1, 0.15) is 5.69 Å². The number of ether oxygens (including phenoxy) is 1. The van der Waals surface area contributed by atoms with Gasteiger partial charge in [-0.15, -0.1) is 11.3 Å². The summed E-state index contributed by atoms with van der Waals surface area (Å²) in [6, 6.07) is 2.05. The zero-order valence-corrected chi connectivity index (χ0v) is 19.0. The summed E-state index contributed by atoms with van der Waals surface area (Å²) >= 11 is 1.08. The average Bonchev–Trinajstić information content (AvgIpc) is 3.54. The molecule has 1 saturated carbocycles. The van der Waals surface area contributed by atoms with Gasteiger partial charge in [-0.25, -0.2) is 27.2 Å². The Balaban J connectivity index is 1.44. The molecule has 2 N–H and O–H groups in total. The number of anilines is 1. The molecule has 3 aromatic rings. The van der Waals surface area contributed by atoms with E-state index in [2.05, 4.69) is 25.0 Å². The second kappa shape index (κ2) is 9.35. The highest BCUT2D eigenvalue weighted by molar-refractivity contribution is 7.93. The molecule has 33 heavy (non-hydrogen) atoms. The number of sulfonamides is 1. The van der Waals surface area contributed by atoms with E-state index >= 15 is 0 Å². The normalized spacial score (nSPS) is 13.5. The molecule has 1 aromatic carbocycles. The molecule has 2 aromatic heterocycles. The minimum absolute atomic E-state index is 0.130. The van der Waals surface area contributed by atoms with Crippen molar-refractivity contribution >= 4 is 33.0 Å². The monoisotopic (exact) mass is 495 g/mol. The number of carbonyl (C=O) groups is 1. The largest absolute Gasteiger partial charge is 0.477 e. The van der Waals surface area contributed by atoms with Gasteiger partial charge >= 0.3 is 0 Å². The highest BCUT2D eigenvalue weighted by atomic mass is 32.2. The highest BCUT2D eigenvalue weighted by Crippen LogP contribution is 2.31. The lowest BCUT2D eigenvalue weighted by molar-refractivity contribution is 0.0950. The third kappa shape index (κ3) is 5.42. The lowest BCUT2D eigenvalue weighted by Crippen LogP contribution is -2.23. The van der Waals surface area contributed by atoms with Gasteiger partial charge in [-0.1, -0.05) is 0 Å². The zero-order valence-electron chi connectivity index (χ0n) is 17.3. The van der Waals surface area contributed by atoms with Crippen LogP contribution in [0.3, 0.4) is 0 Å². The topological polar surface area (TPSA) is 123 Å². The fourth-order valence-electron chi connectivity index (χ4n) is 2.88. The summed E-state index contributed by atoms with van der Waals surface area (Å²) in [5.74, 6) is -2.71. The second-order valence-corrected chi connectivity index (χ2v) is 10.2. The predicted octanol–water partition coefficient (Wildman–Crippen LogP) is 3.11. The minimum atomic E-state index is -3.77. The molecule has 0 spiro atoms. The van der Waals surface area contributed by atoms with E-state index in [0.29, 0.717) is 35.9 Å². The van der Waals surface area contributed by atoms with Crippen LogP contribution >= 0.6 is 11.3 Å². The van der Waals surface area contributed by atoms with Crippen LogP contribution < -0.4 is 14.8 Å². The standard InChI is InChI=1S/C20H19F2N5O4S2/c1-2-31-17-10-23-8-15(26-17)16-9-25-20(32-16)19(28)24-7-11-5-13(21)18(22)14(6-11)27-33(29,30)12-3-4-12/h5-6,8-10,12,27H,2-4,7H2,1H3,(H,24,28). The molecule has 2 heterocycles. The van der Waals surface area contributed by atoms with Crippen molar-refractivity contribution in [2.45, 2.75) is 31.6 Å². The molecule has 4 rings (SSSR count). The SMILES string of the molecule is CCOc1cncc(-c2cnc(C(=O)NCc3cc(F)c(F)c(NS(=O)(=O)C4CC4)c3)s2)n1. The van der Waals surface area contributed by atoms with Crippen LogP contribution in [0.25, 0.3) is 10.6 Å². The van der Waals surface area contributed by atoms with Crippen molar-refractivity contribution in [1.29, 1.82) is 0 Å². The number of benzene rings is 1. The molecular weight excluding hydrogens is 476 g/mol. The number of nitrogens with one attached hydrogen (secondary N) is 2. The van der Waals surface area contributed by atoms with E-state index < -0.39 is 38.5 Å². The van der Waals surface area contributed by atoms with Gasteiger partial charge in [0.15, 0.2) is 16.6 Å². The van der Waals surface area contributed by atoms with Crippen molar-refractivity contribution < 1.29 is 26.7 Å². The first-order chi connectivity index (χ1) is 15.8. The molecule has 0 bridgehead atoms. The molecule has 1 fully saturated rings. The Labute approximate surface area is 192 Å². The molecule has 1 aliphatic carbocycles. The van der Waals surface area contributed by atoms with E-state index in [1.165, 1.54) is 18.6 Å². The van der Waals surface area contributed by atoms with Gasteiger partial charge in [-0.3, -0.25) is 14.5 Å². The number of thiazole rings is 1.